The first kappa shape index (κ1) is 21.0. The molecule has 1 saturated heterocycles. The number of hydrogen-bond acceptors (Lipinski definition) is 3. The van der Waals surface area contributed by atoms with Gasteiger partial charge in [0.2, 0.25) is 0 Å². The minimum atomic E-state index is -1.07. The van der Waals surface area contributed by atoms with Gasteiger partial charge in [-0.15, -0.1) is 0 Å². The lowest BCUT2D eigenvalue weighted by atomic mass is 9.72. The van der Waals surface area contributed by atoms with Crippen LogP contribution in [0.1, 0.15) is 43.2 Å². The van der Waals surface area contributed by atoms with Crippen molar-refractivity contribution >= 4 is 0 Å². The summed E-state index contributed by atoms with van der Waals surface area (Å²) in [6, 6.07) is 13.0. The SMILES string of the molecule is COCCCC[C@@](O)(c1cccc(F)c1-c1cccc(C)c1)[C@@H]1CCCNC1. The molecule has 2 N–H and O–H groups in total. The lowest BCUT2D eigenvalue weighted by Crippen LogP contribution is -2.44. The second-order valence-corrected chi connectivity index (χ2v) is 7.95. The van der Waals surface area contributed by atoms with Crippen molar-refractivity contribution in [2.45, 2.75) is 44.6 Å². The molecule has 2 atom stereocenters. The highest BCUT2D eigenvalue weighted by Gasteiger charge is 2.40. The molecule has 152 valence electrons. The van der Waals surface area contributed by atoms with Gasteiger partial charge >= 0.3 is 0 Å². The minimum absolute atomic E-state index is 0.0640. The van der Waals surface area contributed by atoms with Crippen LogP contribution < -0.4 is 5.32 Å². The Labute approximate surface area is 167 Å². The van der Waals surface area contributed by atoms with Crippen molar-refractivity contribution in [1.82, 2.24) is 5.32 Å². The largest absolute Gasteiger partial charge is 0.385 e. The van der Waals surface area contributed by atoms with Gasteiger partial charge in [-0.25, -0.2) is 4.39 Å². The maximum absolute atomic E-state index is 15.1. The minimum Gasteiger partial charge on any atom is -0.385 e. The van der Waals surface area contributed by atoms with Crippen LogP contribution in [0.5, 0.6) is 0 Å². The topological polar surface area (TPSA) is 41.5 Å². The highest BCUT2D eigenvalue weighted by molar-refractivity contribution is 5.70. The van der Waals surface area contributed by atoms with Crippen LogP contribution in [0.15, 0.2) is 42.5 Å². The van der Waals surface area contributed by atoms with E-state index in [1.54, 1.807) is 13.2 Å². The van der Waals surface area contributed by atoms with E-state index in [0.29, 0.717) is 24.2 Å². The van der Waals surface area contributed by atoms with E-state index >= 15 is 4.39 Å². The van der Waals surface area contributed by atoms with E-state index in [0.717, 1.165) is 49.9 Å². The van der Waals surface area contributed by atoms with Gasteiger partial charge in [-0.1, -0.05) is 42.0 Å². The van der Waals surface area contributed by atoms with Crippen molar-refractivity contribution in [2.24, 2.45) is 5.92 Å². The average molecular weight is 386 g/mol. The molecule has 2 aromatic rings. The molecule has 4 heteroatoms. The molecule has 1 aliphatic heterocycles. The van der Waals surface area contributed by atoms with E-state index in [1.165, 1.54) is 6.07 Å². The van der Waals surface area contributed by atoms with Gasteiger partial charge in [0, 0.05) is 31.7 Å². The molecule has 3 rings (SSSR count). The van der Waals surface area contributed by atoms with E-state index < -0.39 is 5.60 Å². The maximum Gasteiger partial charge on any atom is 0.131 e. The third kappa shape index (κ3) is 4.62. The maximum atomic E-state index is 15.1. The lowest BCUT2D eigenvalue weighted by molar-refractivity contribution is -0.0431. The van der Waals surface area contributed by atoms with E-state index in [-0.39, 0.29) is 11.7 Å². The zero-order chi connectivity index (χ0) is 20.0. The van der Waals surface area contributed by atoms with Crippen LogP contribution in [0.25, 0.3) is 11.1 Å². The quantitative estimate of drug-likeness (QED) is 0.641. The third-order valence-electron chi connectivity index (χ3n) is 5.92. The summed E-state index contributed by atoms with van der Waals surface area (Å²) < 4.78 is 20.2. The third-order valence-corrected chi connectivity index (χ3v) is 5.92. The normalized spacial score (nSPS) is 19.4. The van der Waals surface area contributed by atoms with Crippen LogP contribution in [-0.4, -0.2) is 31.9 Å². The molecule has 0 amide bonds. The molecule has 1 heterocycles. The highest BCUT2D eigenvalue weighted by Crippen LogP contribution is 2.43. The number of aryl methyl sites for hydroxylation is 1. The first-order valence-corrected chi connectivity index (χ1v) is 10.3. The number of hydrogen-bond donors (Lipinski definition) is 2. The number of nitrogens with one attached hydrogen (secondary N) is 1. The molecule has 0 saturated carbocycles. The summed E-state index contributed by atoms with van der Waals surface area (Å²) in [4.78, 5) is 0. The number of benzene rings is 2. The van der Waals surface area contributed by atoms with Gasteiger partial charge in [-0.3, -0.25) is 0 Å². The Balaban J connectivity index is 2.05. The van der Waals surface area contributed by atoms with Crippen LogP contribution in [0.3, 0.4) is 0 Å². The standard InChI is InChI=1S/C24H32FNO2/c1-18-8-5-9-19(16-18)23-21(11-6-12-22(23)25)24(27,13-3-4-15-28-2)20-10-7-14-26-17-20/h5-6,8-9,11-12,16,20,26-27H,3-4,7,10,13-15,17H2,1-2H3/t20-,24+/m1/s1. The number of piperidine rings is 1. The fourth-order valence-electron chi connectivity index (χ4n) is 4.44. The van der Waals surface area contributed by atoms with Gasteiger partial charge in [0.05, 0.1) is 5.60 Å². The highest BCUT2D eigenvalue weighted by atomic mass is 19.1. The molecule has 0 aliphatic carbocycles. The molecular formula is C24H32FNO2. The molecule has 1 aliphatic rings. The predicted octanol–water partition coefficient (Wildman–Crippen LogP) is 4.81. The Morgan fingerprint density at radius 2 is 2.04 bits per heavy atom. The molecule has 0 spiro atoms. The van der Waals surface area contributed by atoms with E-state index in [9.17, 15) is 5.11 Å². The van der Waals surface area contributed by atoms with Gasteiger partial charge in [-0.2, -0.15) is 0 Å². The van der Waals surface area contributed by atoms with E-state index in [4.69, 9.17) is 4.74 Å². The van der Waals surface area contributed by atoms with E-state index in [1.807, 2.05) is 37.3 Å². The number of halogens is 1. The van der Waals surface area contributed by atoms with Crippen LogP contribution in [0.2, 0.25) is 0 Å². The number of unbranched alkanes of at least 4 members (excludes halogenated alkanes) is 1. The molecule has 0 aromatic heterocycles. The van der Waals surface area contributed by atoms with Gasteiger partial charge in [-0.05, 0) is 62.8 Å². The molecule has 0 bridgehead atoms. The average Bonchev–Trinajstić information content (AvgIpc) is 2.71. The van der Waals surface area contributed by atoms with Crippen molar-refractivity contribution in [3.05, 3.63) is 59.4 Å². The summed E-state index contributed by atoms with van der Waals surface area (Å²) in [6.45, 7) is 4.41. The fraction of sp³-hybridized carbons (Fsp3) is 0.500. The summed E-state index contributed by atoms with van der Waals surface area (Å²) in [5, 5.41) is 15.4. The van der Waals surface area contributed by atoms with Crippen LogP contribution in [-0.2, 0) is 10.3 Å². The Bertz CT molecular complexity index is 773. The van der Waals surface area contributed by atoms with Crippen LogP contribution >= 0.6 is 0 Å². The summed E-state index contributed by atoms with van der Waals surface area (Å²) in [5.41, 5.74) is 2.08. The monoisotopic (exact) mass is 385 g/mol. The summed E-state index contributed by atoms with van der Waals surface area (Å²) in [5.74, 6) is -0.212. The van der Waals surface area contributed by atoms with Crippen molar-refractivity contribution in [3.8, 4) is 11.1 Å². The second kappa shape index (κ2) is 9.64. The van der Waals surface area contributed by atoms with Crippen molar-refractivity contribution in [1.29, 1.82) is 0 Å². The number of methoxy groups -OCH3 is 1. The summed E-state index contributed by atoms with van der Waals surface area (Å²) >= 11 is 0. The molecule has 1 fully saturated rings. The smallest absolute Gasteiger partial charge is 0.131 e. The van der Waals surface area contributed by atoms with E-state index in [2.05, 4.69) is 5.32 Å². The number of aliphatic hydroxyl groups is 1. The second-order valence-electron chi connectivity index (χ2n) is 7.95. The van der Waals surface area contributed by atoms with Gasteiger partial charge < -0.3 is 15.2 Å². The molecule has 3 nitrogen and oxygen atoms in total. The fourth-order valence-corrected chi connectivity index (χ4v) is 4.44. The van der Waals surface area contributed by atoms with Crippen molar-refractivity contribution in [3.63, 3.8) is 0 Å². The van der Waals surface area contributed by atoms with Crippen molar-refractivity contribution in [2.75, 3.05) is 26.8 Å². The van der Waals surface area contributed by atoms with Crippen LogP contribution in [0.4, 0.5) is 4.39 Å². The molecular weight excluding hydrogens is 353 g/mol. The van der Waals surface area contributed by atoms with Crippen LogP contribution in [0, 0.1) is 18.7 Å². The van der Waals surface area contributed by atoms with Crippen molar-refractivity contribution < 1.29 is 14.2 Å². The first-order valence-electron chi connectivity index (χ1n) is 10.3. The van der Waals surface area contributed by atoms with Gasteiger partial charge in [0.15, 0.2) is 0 Å². The summed E-state index contributed by atoms with van der Waals surface area (Å²) in [7, 11) is 1.69. The Morgan fingerprint density at radius 1 is 1.21 bits per heavy atom. The first-order chi connectivity index (χ1) is 13.6. The zero-order valence-corrected chi connectivity index (χ0v) is 17.0. The molecule has 0 unspecified atom stereocenters. The molecule has 2 aromatic carbocycles. The van der Waals surface area contributed by atoms with Gasteiger partial charge in [0.1, 0.15) is 5.82 Å². The molecule has 0 radical (unpaired) electrons. The Hall–Kier alpha value is -1.75. The number of ether oxygens (including phenoxy) is 1. The zero-order valence-electron chi connectivity index (χ0n) is 17.0. The lowest BCUT2D eigenvalue weighted by Gasteiger charge is -2.40. The summed E-state index contributed by atoms with van der Waals surface area (Å²) in [6.07, 6.45) is 4.29. The Morgan fingerprint density at radius 3 is 2.75 bits per heavy atom. The molecule has 28 heavy (non-hydrogen) atoms. The Kier molecular flexibility index (Phi) is 7.22. The van der Waals surface area contributed by atoms with Gasteiger partial charge in [0.25, 0.3) is 0 Å². The number of rotatable bonds is 8. The predicted molar refractivity (Wildman–Crippen MR) is 112 cm³/mol.